The Hall–Kier alpha value is -3.36. The molecule has 28 heavy (non-hydrogen) atoms. The average Bonchev–Trinajstić information content (AvgIpc) is 3.09. The number of benzene rings is 1. The molecule has 0 aliphatic carbocycles. The van der Waals surface area contributed by atoms with E-state index >= 15 is 0 Å². The van der Waals surface area contributed by atoms with Crippen molar-refractivity contribution >= 4 is 16.9 Å². The van der Waals surface area contributed by atoms with Gasteiger partial charge >= 0.3 is 0 Å². The van der Waals surface area contributed by atoms with Crippen LogP contribution in [0.25, 0.3) is 11.0 Å². The Labute approximate surface area is 161 Å². The van der Waals surface area contributed by atoms with Crippen molar-refractivity contribution in [3.05, 3.63) is 46.1 Å². The van der Waals surface area contributed by atoms with Gasteiger partial charge in [0.25, 0.3) is 5.56 Å². The summed E-state index contributed by atoms with van der Waals surface area (Å²) in [5.74, 6) is 1.19. The zero-order valence-electron chi connectivity index (χ0n) is 16.0. The molecule has 3 aromatic rings. The summed E-state index contributed by atoms with van der Waals surface area (Å²) in [6.07, 6.45) is 3.59. The number of carbonyl (C=O) groups is 1. The number of carbonyl (C=O) groups excluding carboxylic acids is 1. The standard InChI is InChI=1S/C19H21N5O4/c1-22-18-14(8-21-22)19(26)24(11-20-18)10-17(25)23-5-4-12-6-15(27-2)16(28-3)7-13(12)9-23/h6-8,11H,4-5,9-10H2,1-3H3. The highest BCUT2D eigenvalue weighted by atomic mass is 16.5. The fourth-order valence-corrected chi connectivity index (χ4v) is 3.52. The SMILES string of the molecule is COc1cc2c(cc1OC)CN(C(=O)Cn1cnc3c(cnn3C)c1=O)CC2. The summed E-state index contributed by atoms with van der Waals surface area (Å²) in [5.41, 5.74) is 2.39. The molecular weight excluding hydrogens is 362 g/mol. The zero-order chi connectivity index (χ0) is 19.8. The maximum absolute atomic E-state index is 12.8. The quantitative estimate of drug-likeness (QED) is 0.660. The number of aromatic nitrogens is 4. The molecule has 9 heteroatoms. The van der Waals surface area contributed by atoms with Gasteiger partial charge < -0.3 is 14.4 Å². The molecular formula is C19H21N5O4. The Balaban J connectivity index is 1.55. The number of hydrogen-bond donors (Lipinski definition) is 0. The smallest absolute Gasteiger partial charge is 0.264 e. The second-order valence-corrected chi connectivity index (χ2v) is 6.72. The van der Waals surface area contributed by atoms with E-state index in [0.29, 0.717) is 35.6 Å². The van der Waals surface area contributed by atoms with Crippen LogP contribution in [0.2, 0.25) is 0 Å². The summed E-state index contributed by atoms with van der Waals surface area (Å²) in [6, 6.07) is 3.86. The van der Waals surface area contributed by atoms with Crippen molar-refractivity contribution in [2.24, 2.45) is 7.05 Å². The van der Waals surface area contributed by atoms with Gasteiger partial charge in [-0.15, -0.1) is 0 Å². The molecule has 0 unspecified atom stereocenters. The van der Waals surface area contributed by atoms with Crippen LogP contribution in [0.15, 0.2) is 29.5 Å². The van der Waals surface area contributed by atoms with Crippen LogP contribution in [0.3, 0.4) is 0 Å². The molecule has 4 rings (SSSR count). The van der Waals surface area contributed by atoms with E-state index in [2.05, 4.69) is 10.1 Å². The summed E-state index contributed by atoms with van der Waals surface area (Å²) in [6.45, 7) is 0.990. The molecule has 0 bridgehead atoms. The molecule has 0 saturated carbocycles. The van der Waals surface area contributed by atoms with Gasteiger partial charge in [-0.2, -0.15) is 5.10 Å². The van der Waals surface area contributed by atoms with Crippen LogP contribution in [-0.4, -0.2) is 50.9 Å². The molecule has 146 valence electrons. The van der Waals surface area contributed by atoms with Crippen LogP contribution in [-0.2, 0) is 31.4 Å². The fraction of sp³-hybridized carbons (Fsp3) is 0.368. The van der Waals surface area contributed by atoms with Gasteiger partial charge in [-0.3, -0.25) is 18.8 Å². The molecule has 9 nitrogen and oxygen atoms in total. The minimum Gasteiger partial charge on any atom is -0.493 e. The lowest BCUT2D eigenvalue weighted by Gasteiger charge is -2.29. The maximum atomic E-state index is 12.8. The maximum Gasteiger partial charge on any atom is 0.264 e. The van der Waals surface area contributed by atoms with Gasteiger partial charge in [-0.05, 0) is 29.7 Å². The summed E-state index contributed by atoms with van der Waals surface area (Å²) in [4.78, 5) is 31.4. The Morgan fingerprint density at radius 1 is 1.18 bits per heavy atom. The lowest BCUT2D eigenvalue weighted by Crippen LogP contribution is -2.39. The average molecular weight is 383 g/mol. The summed E-state index contributed by atoms with van der Waals surface area (Å²) < 4.78 is 13.6. The Morgan fingerprint density at radius 3 is 2.61 bits per heavy atom. The van der Waals surface area contributed by atoms with E-state index in [9.17, 15) is 9.59 Å². The van der Waals surface area contributed by atoms with Gasteiger partial charge in [0, 0.05) is 20.1 Å². The van der Waals surface area contributed by atoms with Crippen LogP contribution < -0.4 is 15.0 Å². The van der Waals surface area contributed by atoms with Gasteiger partial charge in [0.2, 0.25) is 5.91 Å². The van der Waals surface area contributed by atoms with E-state index in [1.165, 1.54) is 21.8 Å². The van der Waals surface area contributed by atoms with Crippen LogP contribution in [0.4, 0.5) is 0 Å². The van der Waals surface area contributed by atoms with Crippen LogP contribution in [0.5, 0.6) is 11.5 Å². The van der Waals surface area contributed by atoms with Crippen molar-refractivity contribution in [1.29, 1.82) is 0 Å². The molecule has 0 saturated heterocycles. The second-order valence-electron chi connectivity index (χ2n) is 6.72. The topological polar surface area (TPSA) is 91.5 Å². The number of hydrogen-bond acceptors (Lipinski definition) is 6. The lowest BCUT2D eigenvalue weighted by atomic mass is 9.98. The predicted molar refractivity (Wildman–Crippen MR) is 101 cm³/mol. The van der Waals surface area contributed by atoms with E-state index in [0.717, 1.165) is 17.5 Å². The van der Waals surface area contributed by atoms with Gasteiger partial charge in [-0.25, -0.2) is 4.98 Å². The molecule has 0 spiro atoms. The number of rotatable bonds is 4. The first-order chi connectivity index (χ1) is 13.5. The van der Waals surface area contributed by atoms with Gasteiger partial charge in [0.15, 0.2) is 17.1 Å². The normalized spacial score (nSPS) is 13.5. The van der Waals surface area contributed by atoms with Crippen molar-refractivity contribution in [1.82, 2.24) is 24.2 Å². The fourth-order valence-electron chi connectivity index (χ4n) is 3.52. The second kappa shape index (κ2) is 6.99. The number of nitrogens with zero attached hydrogens (tertiary/aromatic N) is 5. The van der Waals surface area contributed by atoms with Gasteiger partial charge in [-0.1, -0.05) is 0 Å². The highest BCUT2D eigenvalue weighted by Crippen LogP contribution is 2.33. The van der Waals surface area contributed by atoms with Crippen molar-refractivity contribution < 1.29 is 14.3 Å². The van der Waals surface area contributed by atoms with Crippen molar-refractivity contribution in [2.45, 2.75) is 19.5 Å². The molecule has 0 N–H and O–H groups in total. The van der Waals surface area contributed by atoms with E-state index < -0.39 is 0 Å². The Morgan fingerprint density at radius 2 is 1.89 bits per heavy atom. The molecule has 1 aliphatic rings. The predicted octanol–water partition coefficient (Wildman–Crippen LogP) is 0.732. The van der Waals surface area contributed by atoms with Crippen molar-refractivity contribution in [2.75, 3.05) is 20.8 Å². The number of ether oxygens (including phenoxy) is 2. The van der Waals surface area contributed by atoms with E-state index in [1.807, 2.05) is 12.1 Å². The minimum atomic E-state index is -0.268. The van der Waals surface area contributed by atoms with E-state index in [1.54, 1.807) is 26.2 Å². The third kappa shape index (κ3) is 2.98. The third-order valence-electron chi connectivity index (χ3n) is 5.09. The monoisotopic (exact) mass is 383 g/mol. The molecule has 2 aromatic heterocycles. The van der Waals surface area contributed by atoms with E-state index in [-0.39, 0.29) is 18.0 Å². The summed E-state index contributed by atoms with van der Waals surface area (Å²) in [7, 11) is 4.91. The van der Waals surface area contributed by atoms with Crippen LogP contribution >= 0.6 is 0 Å². The lowest BCUT2D eigenvalue weighted by molar-refractivity contribution is -0.132. The highest BCUT2D eigenvalue weighted by molar-refractivity contribution is 5.77. The number of amides is 1. The summed E-state index contributed by atoms with van der Waals surface area (Å²) >= 11 is 0. The third-order valence-corrected chi connectivity index (χ3v) is 5.09. The first-order valence-corrected chi connectivity index (χ1v) is 8.90. The van der Waals surface area contributed by atoms with Gasteiger partial charge in [0.05, 0.1) is 20.4 Å². The van der Waals surface area contributed by atoms with Crippen LogP contribution in [0.1, 0.15) is 11.1 Å². The highest BCUT2D eigenvalue weighted by Gasteiger charge is 2.23. The summed E-state index contributed by atoms with van der Waals surface area (Å²) in [5, 5.41) is 4.45. The molecule has 0 atom stereocenters. The number of fused-ring (bicyclic) bond motifs is 2. The molecule has 0 fully saturated rings. The Bertz CT molecular complexity index is 1120. The zero-order valence-corrected chi connectivity index (χ0v) is 16.0. The first-order valence-electron chi connectivity index (χ1n) is 8.90. The van der Waals surface area contributed by atoms with E-state index in [4.69, 9.17) is 9.47 Å². The van der Waals surface area contributed by atoms with Gasteiger partial charge in [0.1, 0.15) is 18.3 Å². The molecule has 1 amide bonds. The first kappa shape index (κ1) is 18.0. The minimum absolute atomic E-state index is 0.0563. The molecule has 1 aromatic carbocycles. The van der Waals surface area contributed by atoms with Crippen LogP contribution in [0, 0.1) is 0 Å². The molecule has 0 radical (unpaired) electrons. The molecule has 3 heterocycles. The molecule has 1 aliphatic heterocycles. The van der Waals surface area contributed by atoms with Crippen molar-refractivity contribution in [3.8, 4) is 11.5 Å². The largest absolute Gasteiger partial charge is 0.493 e. The Kier molecular flexibility index (Phi) is 4.50. The number of methoxy groups -OCH3 is 2. The number of aryl methyl sites for hydroxylation is 1. The van der Waals surface area contributed by atoms with Crippen molar-refractivity contribution in [3.63, 3.8) is 0 Å².